The van der Waals surface area contributed by atoms with Crippen LogP contribution in [0.2, 0.25) is 0 Å². The van der Waals surface area contributed by atoms with Gasteiger partial charge in [0, 0.05) is 11.3 Å². The minimum absolute atomic E-state index is 0.631. The molecule has 1 aliphatic rings. The van der Waals surface area contributed by atoms with E-state index >= 15 is 0 Å². The number of aryl methyl sites for hydroxylation is 1. The molecule has 2 N–H and O–H groups in total. The van der Waals surface area contributed by atoms with Crippen molar-refractivity contribution in [1.82, 2.24) is 10.3 Å². The predicted molar refractivity (Wildman–Crippen MR) is 93.1 cm³/mol. The normalized spacial score (nSPS) is 21.8. The third kappa shape index (κ3) is 4.10. The zero-order chi connectivity index (χ0) is 16.1. The molecule has 2 heterocycles. The third-order valence-corrected chi connectivity index (χ3v) is 5.70. The van der Waals surface area contributed by atoms with Crippen molar-refractivity contribution in [2.45, 2.75) is 38.2 Å². The summed E-state index contributed by atoms with van der Waals surface area (Å²) < 4.78 is 5.77. The summed E-state index contributed by atoms with van der Waals surface area (Å²) in [5.74, 6) is 0.892. The fourth-order valence-electron chi connectivity index (χ4n) is 2.90. The standard InChI is InChI=1S/C18H24N2O2S/c1-14-16(8-13-22-15-6-3-2-4-7-15)23-17(20-14)18(21)9-5-11-19-12-10-18/h2-4,6-7,19,21H,5,8-13H2,1H3/t18-/m0/s1. The van der Waals surface area contributed by atoms with Crippen molar-refractivity contribution in [1.29, 1.82) is 0 Å². The van der Waals surface area contributed by atoms with Gasteiger partial charge in [0.2, 0.25) is 0 Å². The highest BCUT2D eigenvalue weighted by Crippen LogP contribution is 2.35. The highest BCUT2D eigenvalue weighted by Gasteiger charge is 2.33. The molecule has 1 aromatic heterocycles. The van der Waals surface area contributed by atoms with Gasteiger partial charge in [0.1, 0.15) is 16.4 Å². The molecule has 5 heteroatoms. The Balaban J connectivity index is 1.63. The lowest BCUT2D eigenvalue weighted by Gasteiger charge is -2.23. The topological polar surface area (TPSA) is 54.4 Å². The molecule has 0 aliphatic carbocycles. The highest BCUT2D eigenvalue weighted by molar-refractivity contribution is 7.11. The number of rotatable bonds is 5. The molecule has 0 saturated carbocycles. The Morgan fingerprint density at radius 3 is 2.91 bits per heavy atom. The summed E-state index contributed by atoms with van der Waals surface area (Å²) in [4.78, 5) is 5.87. The Morgan fingerprint density at radius 2 is 2.09 bits per heavy atom. The van der Waals surface area contributed by atoms with Crippen LogP contribution in [0.3, 0.4) is 0 Å². The predicted octanol–water partition coefficient (Wildman–Crippen LogP) is 3.03. The van der Waals surface area contributed by atoms with Crippen LogP contribution in [0, 0.1) is 6.92 Å². The summed E-state index contributed by atoms with van der Waals surface area (Å²) in [7, 11) is 0. The molecule has 4 nitrogen and oxygen atoms in total. The van der Waals surface area contributed by atoms with Crippen molar-refractivity contribution < 1.29 is 9.84 Å². The maximum absolute atomic E-state index is 10.9. The van der Waals surface area contributed by atoms with Gasteiger partial charge in [-0.1, -0.05) is 18.2 Å². The lowest BCUT2D eigenvalue weighted by atomic mass is 9.96. The quantitative estimate of drug-likeness (QED) is 0.884. The van der Waals surface area contributed by atoms with Gasteiger partial charge >= 0.3 is 0 Å². The van der Waals surface area contributed by atoms with Crippen molar-refractivity contribution >= 4 is 11.3 Å². The number of aliphatic hydroxyl groups is 1. The number of benzene rings is 1. The van der Waals surface area contributed by atoms with E-state index in [1.54, 1.807) is 11.3 Å². The molecule has 1 saturated heterocycles. The van der Waals surface area contributed by atoms with Gasteiger partial charge in [-0.2, -0.15) is 0 Å². The van der Waals surface area contributed by atoms with Crippen LogP contribution < -0.4 is 10.1 Å². The van der Waals surface area contributed by atoms with Gasteiger partial charge in [-0.15, -0.1) is 11.3 Å². The summed E-state index contributed by atoms with van der Waals surface area (Å²) in [6, 6.07) is 9.86. The van der Waals surface area contributed by atoms with Crippen LogP contribution in [-0.4, -0.2) is 29.8 Å². The van der Waals surface area contributed by atoms with Crippen molar-refractivity contribution in [3.05, 3.63) is 45.9 Å². The first-order valence-corrected chi connectivity index (χ1v) is 9.07. The van der Waals surface area contributed by atoms with Crippen LogP contribution >= 0.6 is 11.3 Å². The highest BCUT2D eigenvalue weighted by atomic mass is 32.1. The summed E-state index contributed by atoms with van der Waals surface area (Å²) >= 11 is 1.64. The zero-order valence-corrected chi connectivity index (χ0v) is 14.4. The number of hydrogen-bond acceptors (Lipinski definition) is 5. The maximum Gasteiger partial charge on any atom is 0.125 e. The third-order valence-electron chi connectivity index (χ3n) is 4.29. The fourth-order valence-corrected chi connectivity index (χ4v) is 4.09. The summed E-state index contributed by atoms with van der Waals surface area (Å²) in [6.07, 6.45) is 3.33. The Labute approximate surface area is 141 Å². The lowest BCUT2D eigenvalue weighted by Crippen LogP contribution is -2.27. The van der Waals surface area contributed by atoms with Crippen LogP contribution in [0.1, 0.15) is 34.8 Å². The van der Waals surface area contributed by atoms with Gasteiger partial charge in [0.15, 0.2) is 0 Å². The molecule has 0 spiro atoms. The molecule has 0 amide bonds. The minimum Gasteiger partial charge on any atom is -0.493 e. The number of ether oxygens (including phenoxy) is 1. The van der Waals surface area contributed by atoms with Crippen molar-refractivity contribution in [3.8, 4) is 5.75 Å². The van der Waals surface area contributed by atoms with Gasteiger partial charge in [0.05, 0.1) is 12.3 Å². The second-order valence-corrected chi connectivity index (χ2v) is 7.16. The second-order valence-electron chi connectivity index (χ2n) is 6.07. The smallest absolute Gasteiger partial charge is 0.125 e. The van der Waals surface area contributed by atoms with E-state index in [0.717, 1.165) is 55.2 Å². The van der Waals surface area contributed by atoms with Crippen LogP contribution in [-0.2, 0) is 12.0 Å². The van der Waals surface area contributed by atoms with Crippen LogP contribution in [0.15, 0.2) is 30.3 Å². The number of nitrogens with zero attached hydrogens (tertiary/aromatic N) is 1. The van der Waals surface area contributed by atoms with Crippen molar-refractivity contribution in [3.63, 3.8) is 0 Å². The van der Waals surface area contributed by atoms with Gasteiger partial charge in [-0.25, -0.2) is 4.98 Å². The summed E-state index contributed by atoms with van der Waals surface area (Å²) in [5.41, 5.74) is 0.254. The maximum atomic E-state index is 10.9. The molecule has 124 valence electrons. The summed E-state index contributed by atoms with van der Waals surface area (Å²) in [5, 5.41) is 15.2. The average Bonchev–Trinajstić information content (AvgIpc) is 2.79. The van der Waals surface area contributed by atoms with Gasteiger partial charge in [-0.3, -0.25) is 0 Å². The van der Waals surface area contributed by atoms with Crippen LogP contribution in [0.5, 0.6) is 5.75 Å². The van der Waals surface area contributed by atoms with Crippen molar-refractivity contribution in [2.24, 2.45) is 0 Å². The number of thiazole rings is 1. The van der Waals surface area contributed by atoms with E-state index in [-0.39, 0.29) is 0 Å². The summed E-state index contributed by atoms with van der Waals surface area (Å²) in [6.45, 7) is 4.48. The van der Waals surface area contributed by atoms with Gasteiger partial charge in [0.25, 0.3) is 0 Å². The van der Waals surface area contributed by atoms with E-state index in [2.05, 4.69) is 10.3 Å². The molecule has 3 rings (SSSR count). The number of aromatic nitrogens is 1. The second kappa shape index (κ2) is 7.43. The van der Waals surface area contributed by atoms with Gasteiger partial charge < -0.3 is 15.2 Å². The van der Waals surface area contributed by atoms with E-state index < -0.39 is 5.60 Å². The molecule has 23 heavy (non-hydrogen) atoms. The number of hydrogen-bond donors (Lipinski definition) is 2. The van der Waals surface area contributed by atoms with Crippen LogP contribution in [0.4, 0.5) is 0 Å². The molecule has 2 aromatic rings. The SMILES string of the molecule is Cc1nc([C@]2(O)CCCNCC2)sc1CCOc1ccccc1. The number of para-hydroxylation sites is 1. The van der Waals surface area contributed by atoms with E-state index in [1.807, 2.05) is 37.3 Å². The van der Waals surface area contributed by atoms with E-state index in [9.17, 15) is 5.11 Å². The monoisotopic (exact) mass is 332 g/mol. The molecule has 0 bridgehead atoms. The Hall–Kier alpha value is -1.43. The molecule has 0 unspecified atom stereocenters. The first-order chi connectivity index (χ1) is 11.2. The van der Waals surface area contributed by atoms with Crippen LogP contribution in [0.25, 0.3) is 0 Å². The first-order valence-electron chi connectivity index (χ1n) is 8.25. The zero-order valence-electron chi connectivity index (χ0n) is 13.5. The Bertz CT molecular complexity index is 619. The van der Waals surface area contributed by atoms with Crippen molar-refractivity contribution in [2.75, 3.05) is 19.7 Å². The molecule has 1 atom stereocenters. The largest absolute Gasteiger partial charge is 0.493 e. The molecular formula is C18H24N2O2S. The van der Waals surface area contributed by atoms with Gasteiger partial charge in [-0.05, 0) is 51.4 Å². The molecular weight excluding hydrogens is 308 g/mol. The average molecular weight is 332 g/mol. The first kappa shape index (κ1) is 16.4. The lowest BCUT2D eigenvalue weighted by molar-refractivity contribution is 0.0237. The number of nitrogens with one attached hydrogen (secondary N) is 1. The Kier molecular flexibility index (Phi) is 5.30. The van der Waals surface area contributed by atoms with E-state index in [4.69, 9.17) is 4.74 Å². The van der Waals surface area contributed by atoms with E-state index in [0.29, 0.717) is 6.61 Å². The Morgan fingerprint density at radius 1 is 1.26 bits per heavy atom. The molecule has 1 fully saturated rings. The van der Waals surface area contributed by atoms with E-state index in [1.165, 1.54) is 4.88 Å². The molecule has 0 radical (unpaired) electrons. The minimum atomic E-state index is -0.766. The molecule has 1 aromatic carbocycles. The fraction of sp³-hybridized carbons (Fsp3) is 0.500. The molecule has 1 aliphatic heterocycles.